The average Bonchev–Trinajstić information content (AvgIpc) is 3.05. The molecule has 0 radical (unpaired) electrons. The molecule has 1 aromatic rings. The molecule has 2 heterocycles. The molecule has 128 valence electrons. The number of guanidine groups is 1. The number of likely N-dealkylation sites (tertiary alicyclic amines) is 1. The minimum Gasteiger partial charge on any atom is -0.481 e. The van der Waals surface area contributed by atoms with E-state index in [2.05, 4.69) is 39.4 Å². The molecular formula is C17H29N5O. The van der Waals surface area contributed by atoms with Crippen LogP contribution in [0.1, 0.15) is 32.4 Å². The summed E-state index contributed by atoms with van der Waals surface area (Å²) in [5.41, 5.74) is 0.901. The van der Waals surface area contributed by atoms with Crippen LogP contribution in [0.25, 0.3) is 0 Å². The molecule has 0 bridgehead atoms. The largest absolute Gasteiger partial charge is 0.481 e. The van der Waals surface area contributed by atoms with Gasteiger partial charge in [-0.15, -0.1) is 0 Å². The Balaban J connectivity index is 1.91. The summed E-state index contributed by atoms with van der Waals surface area (Å²) in [6, 6.07) is 6.36. The predicted octanol–water partition coefficient (Wildman–Crippen LogP) is 1.63. The molecule has 1 atom stereocenters. The van der Waals surface area contributed by atoms with E-state index in [-0.39, 0.29) is 0 Å². The van der Waals surface area contributed by atoms with Gasteiger partial charge in [-0.25, -0.2) is 9.98 Å². The van der Waals surface area contributed by atoms with Gasteiger partial charge in [0.1, 0.15) is 0 Å². The van der Waals surface area contributed by atoms with Gasteiger partial charge in [0, 0.05) is 25.2 Å². The number of hydrogen-bond acceptors (Lipinski definition) is 4. The maximum Gasteiger partial charge on any atom is 0.213 e. The lowest BCUT2D eigenvalue weighted by Crippen LogP contribution is -2.44. The predicted molar refractivity (Wildman–Crippen MR) is 93.9 cm³/mol. The van der Waals surface area contributed by atoms with Crippen LogP contribution in [-0.4, -0.2) is 55.2 Å². The first-order valence-corrected chi connectivity index (χ1v) is 8.53. The average molecular weight is 319 g/mol. The highest BCUT2D eigenvalue weighted by Crippen LogP contribution is 2.15. The maximum atomic E-state index is 5.15. The molecule has 1 aliphatic rings. The van der Waals surface area contributed by atoms with Gasteiger partial charge in [-0.1, -0.05) is 13.0 Å². The highest BCUT2D eigenvalue weighted by molar-refractivity contribution is 5.79. The number of rotatable bonds is 7. The fraction of sp³-hybridized carbons (Fsp3) is 0.647. The third-order valence-electron chi connectivity index (χ3n) is 4.14. The molecule has 0 saturated carbocycles. The maximum absolute atomic E-state index is 5.15. The minimum atomic E-state index is 0.536. The molecule has 6 heteroatoms. The van der Waals surface area contributed by atoms with E-state index in [1.54, 1.807) is 7.11 Å². The van der Waals surface area contributed by atoms with Gasteiger partial charge >= 0.3 is 0 Å². The van der Waals surface area contributed by atoms with Gasteiger partial charge in [0.15, 0.2) is 5.96 Å². The number of pyridine rings is 1. The van der Waals surface area contributed by atoms with Crippen molar-refractivity contribution in [2.75, 3.05) is 33.3 Å². The summed E-state index contributed by atoms with van der Waals surface area (Å²) >= 11 is 0. The second-order valence-electron chi connectivity index (χ2n) is 5.67. The first-order valence-electron chi connectivity index (χ1n) is 8.53. The Kier molecular flexibility index (Phi) is 7.13. The third kappa shape index (κ3) is 5.39. The van der Waals surface area contributed by atoms with Crippen LogP contribution in [0.4, 0.5) is 0 Å². The Labute approximate surface area is 139 Å². The summed E-state index contributed by atoms with van der Waals surface area (Å²) in [7, 11) is 1.63. The van der Waals surface area contributed by atoms with Crippen molar-refractivity contribution < 1.29 is 4.74 Å². The van der Waals surface area contributed by atoms with Gasteiger partial charge in [-0.05, 0) is 38.9 Å². The van der Waals surface area contributed by atoms with Crippen LogP contribution in [0.15, 0.2) is 23.2 Å². The molecule has 1 saturated heterocycles. The number of likely N-dealkylation sites (N-methyl/N-ethyl adjacent to an activating group) is 1. The molecule has 2 N–H and O–H groups in total. The second-order valence-corrected chi connectivity index (χ2v) is 5.67. The monoisotopic (exact) mass is 319 g/mol. The van der Waals surface area contributed by atoms with Crippen LogP contribution in [0, 0.1) is 0 Å². The van der Waals surface area contributed by atoms with E-state index in [4.69, 9.17) is 4.74 Å². The molecule has 23 heavy (non-hydrogen) atoms. The van der Waals surface area contributed by atoms with Gasteiger partial charge in [-0.2, -0.15) is 0 Å². The van der Waals surface area contributed by atoms with Gasteiger partial charge in [0.2, 0.25) is 5.88 Å². The number of hydrogen-bond donors (Lipinski definition) is 2. The number of methoxy groups -OCH3 is 1. The SMILES string of the molecule is CCNC(=NCc1cccc(OC)n1)NCC1CCCN1CC. The molecule has 2 rings (SSSR count). The van der Waals surface area contributed by atoms with E-state index in [9.17, 15) is 0 Å². The third-order valence-corrected chi connectivity index (χ3v) is 4.14. The smallest absolute Gasteiger partial charge is 0.213 e. The molecule has 6 nitrogen and oxygen atoms in total. The van der Waals surface area contributed by atoms with E-state index >= 15 is 0 Å². The lowest BCUT2D eigenvalue weighted by molar-refractivity contribution is 0.267. The van der Waals surface area contributed by atoms with Crippen molar-refractivity contribution in [1.29, 1.82) is 0 Å². The van der Waals surface area contributed by atoms with E-state index < -0.39 is 0 Å². The van der Waals surface area contributed by atoms with Crippen molar-refractivity contribution in [2.24, 2.45) is 4.99 Å². The van der Waals surface area contributed by atoms with Gasteiger partial charge in [-0.3, -0.25) is 4.90 Å². The van der Waals surface area contributed by atoms with Crippen LogP contribution in [-0.2, 0) is 6.54 Å². The highest BCUT2D eigenvalue weighted by Gasteiger charge is 2.22. The van der Waals surface area contributed by atoms with Crippen LogP contribution in [0.2, 0.25) is 0 Å². The van der Waals surface area contributed by atoms with Crippen LogP contribution >= 0.6 is 0 Å². The Morgan fingerprint density at radius 3 is 3.00 bits per heavy atom. The molecule has 1 unspecified atom stereocenters. The van der Waals surface area contributed by atoms with E-state index in [1.807, 2.05) is 18.2 Å². The fourth-order valence-corrected chi connectivity index (χ4v) is 2.92. The normalized spacial score (nSPS) is 18.9. The summed E-state index contributed by atoms with van der Waals surface area (Å²) in [5, 5.41) is 6.76. The summed E-state index contributed by atoms with van der Waals surface area (Å²) in [4.78, 5) is 11.5. The number of aliphatic imine (C=N–C) groups is 1. The molecule has 0 amide bonds. The van der Waals surface area contributed by atoms with Gasteiger partial charge in [0.25, 0.3) is 0 Å². The molecule has 0 spiro atoms. The summed E-state index contributed by atoms with van der Waals surface area (Å²) in [6.45, 7) is 8.96. The first-order chi connectivity index (χ1) is 11.3. The topological polar surface area (TPSA) is 61.8 Å². The first kappa shape index (κ1) is 17.5. The Morgan fingerprint density at radius 1 is 1.39 bits per heavy atom. The van der Waals surface area contributed by atoms with Crippen molar-refractivity contribution in [3.63, 3.8) is 0 Å². The lowest BCUT2D eigenvalue weighted by Gasteiger charge is -2.23. The molecular weight excluding hydrogens is 290 g/mol. The molecule has 0 aromatic carbocycles. The van der Waals surface area contributed by atoms with E-state index in [1.165, 1.54) is 19.4 Å². The zero-order valence-electron chi connectivity index (χ0n) is 14.5. The van der Waals surface area contributed by atoms with E-state index in [0.717, 1.165) is 31.3 Å². The Bertz CT molecular complexity index is 506. The fourth-order valence-electron chi connectivity index (χ4n) is 2.92. The van der Waals surface area contributed by atoms with Crippen molar-refractivity contribution in [3.05, 3.63) is 23.9 Å². The standard InChI is InChI=1S/C17H29N5O/c1-4-18-17(20-13-15-9-7-11-22(15)5-2)19-12-14-8-6-10-16(21-14)23-3/h6,8,10,15H,4-5,7,9,11-13H2,1-3H3,(H2,18,19,20). The number of nitrogens with zero attached hydrogens (tertiary/aromatic N) is 3. The lowest BCUT2D eigenvalue weighted by atomic mass is 10.2. The van der Waals surface area contributed by atoms with Crippen LogP contribution in [0.3, 0.4) is 0 Å². The second kappa shape index (κ2) is 9.35. The summed E-state index contributed by atoms with van der Waals surface area (Å²) in [5.74, 6) is 1.47. The van der Waals surface area contributed by atoms with E-state index in [0.29, 0.717) is 18.5 Å². The van der Waals surface area contributed by atoms with Crippen LogP contribution in [0.5, 0.6) is 5.88 Å². The van der Waals surface area contributed by atoms with Crippen molar-refractivity contribution in [2.45, 2.75) is 39.3 Å². The quantitative estimate of drug-likeness (QED) is 0.591. The summed E-state index contributed by atoms with van der Waals surface area (Å²) in [6.07, 6.45) is 2.55. The number of nitrogens with one attached hydrogen (secondary N) is 2. The molecule has 1 fully saturated rings. The Morgan fingerprint density at radius 2 is 2.26 bits per heavy atom. The zero-order chi connectivity index (χ0) is 16.5. The summed E-state index contributed by atoms with van der Waals surface area (Å²) < 4.78 is 5.15. The Hall–Kier alpha value is -1.82. The molecule has 0 aliphatic carbocycles. The zero-order valence-corrected chi connectivity index (χ0v) is 14.5. The molecule has 1 aliphatic heterocycles. The van der Waals surface area contributed by atoms with Crippen molar-refractivity contribution >= 4 is 5.96 Å². The number of aromatic nitrogens is 1. The molecule has 1 aromatic heterocycles. The highest BCUT2D eigenvalue weighted by atomic mass is 16.5. The number of ether oxygens (including phenoxy) is 1. The van der Waals surface area contributed by atoms with Crippen molar-refractivity contribution in [1.82, 2.24) is 20.5 Å². The van der Waals surface area contributed by atoms with Crippen molar-refractivity contribution in [3.8, 4) is 5.88 Å². The van der Waals surface area contributed by atoms with Crippen LogP contribution < -0.4 is 15.4 Å². The van der Waals surface area contributed by atoms with Gasteiger partial charge < -0.3 is 15.4 Å². The minimum absolute atomic E-state index is 0.536. The van der Waals surface area contributed by atoms with Gasteiger partial charge in [0.05, 0.1) is 19.3 Å².